The van der Waals surface area contributed by atoms with Crippen molar-refractivity contribution in [1.29, 1.82) is 0 Å². The predicted molar refractivity (Wildman–Crippen MR) is 81.9 cm³/mol. The Morgan fingerprint density at radius 3 is 2.83 bits per heavy atom. The minimum Gasteiger partial charge on any atom is -0.486 e. The van der Waals surface area contributed by atoms with Gasteiger partial charge in [0.15, 0.2) is 17.2 Å². The van der Waals surface area contributed by atoms with Crippen LogP contribution in [0.3, 0.4) is 0 Å². The molecule has 1 saturated carbocycles. The fourth-order valence-electron chi connectivity index (χ4n) is 2.61. The topological polar surface area (TPSA) is 73.6 Å². The normalized spacial score (nSPS) is 16.2. The molecule has 4 rings (SSSR count). The fraction of sp³-hybridized carbons (Fsp3) is 0.412. The highest BCUT2D eigenvalue weighted by atomic mass is 16.6. The van der Waals surface area contributed by atoms with Gasteiger partial charge in [-0.25, -0.2) is 0 Å². The van der Waals surface area contributed by atoms with Crippen LogP contribution in [0.1, 0.15) is 40.6 Å². The van der Waals surface area contributed by atoms with Crippen LogP contribution in [0.2, 0.25) is 0 Å². The molecule has 1 aromatic carbocycles. The first-order valence-electron chi connectivity index (χ1n) is 7.93. The Balaban J connectivity index is 1.31. The molecule has 2 aliphatic rings. The molecule has 1 aliphatic carbocycles. The second-order valence-electron chi connectivity index (χ2n) is 5.87. The van der Waals surface area contributed by atoms with Crippen molar-refractivity contribution >= 4 is 5.91 Å². The number of benzene rings is 1. The summed E-state index contributed by atoms with van der Waals surface area (Å²) in [6.45, 7) is 1.69. The summed E-state index contributed by atoms with van der Waals surface area (Å²) in [4.78, 5) is 12.0. The number of carbonyl (C=O) groups excluding carboxylic acids is 1. The molecule has 0 radical (unpaired) electrons. The zero-order chi connectivity index (χ0) is 15.6. The van der Waals surface area contributed by atoms with E-state index in [0.717, 1.165) is 42.1 Å². The number of amides is 1. The Hall–Kier alpha value is -2.50. The fourth-order valence-corrected chi connectivity index (χ4v) is 2.61. The highest BCUT2D eigenvalue weighted by molar-refractivity contribution is 5.92. The molecule has 0 unspecified atom stereocenters. The monoisotopic (exact) mass is 314 g/mol. The number of rotatable bonds is 5. The van der Waals surface area contributed by atoms with E-state index in [2.05, 4.69) is 10.5 Å². The zero-order valence-corrected chi connectivity index (χ0v) is 12.7. The van der Waals surface area contributed by atoms with Crippen molar-refractivity contribution in [2.24, 2.45) is 0 Å². The van der Waals surface area contributed by atoms with Crippen LogP contribution in [0.5, 0.6) is 11.5 Å². The minimum atomic E-state index is -0.196. The van der Waals surface area contributed by atoms with Crippen LogP contribution in [0.4, 0.5) is 0 Å². The Bertz CT molecular complexity index is 721. The Morgan fingerprint density at radius 1 is 1.17 bits per heavy atom. The molecule has 6 heteroatoms. The third-order valence-corrected chi connectivity index (χ3v) is 4.05. The molecule has 1 aliphatic heterocycles. The van der Waals surface area contributed by atoms with Crippen LogP contribution in [0.15, 0.2) is 28.8 Å². The Kier molecular flexibility index (Phi) is 3.65. The van der Waals surface area contributed by atoms with E-state index in [-0.39, 0.29) is 5.91 Å². The van der Waals surface area contributed by atoms with E-state index in [1.165, 1.54) is 0 Å². The first-order chi connectivity index (χ1) is 11.3. The second-order valence-corrected chi connectivity index (χ2v) is 5.87. The maximum Gasteiger partial charge on any atom is 0.273 e. The minimum absolute atomic E-state index is 0.196. The lowest BCUT2D eigenvalue weighted by Crippen LogP contribution is -2.26. The van der Waals surface area contributed by atoms with Crippen molar-refractivity contribution in [2.75, 3.05) is 19.8 Å². The maximum atomic E-state index is 12.0. The summed E-state index contributed by atoms with van der Waals surface area (Å²) in [5.74, 6) is 2.63. The van der Waals surface area contributed by atoms with Gasteiger partial charge in [0.25, 0.3) is 5.91 Å². The lowest BCUT2D eigenvalue weighted by atomic mass is 10.1. The van der Waals surface area contributed by atoms with Gasteiger partial charge in [0, 0.05) is 18.5 Å². The van der Waals surface area contributed by atoms with Gasteiger partial charge in [-0.1, -0.05) is 11.2 Å². The first kappa shape index (κ1) is 14.1. The van der Waals surface area contributed by atoms with E-state index < -0.39 is 0 Å². The zero-order valence-electron chi connectivity index (χ0n) is 12.7. The van der Waals surface area contributed by atoms with E-state index in [4.69, 9.17) is 14.0 Å². The predicted octanol–water partition coefficient (Wildman–Crippen LogP) is 2.30. The van der Waals surface area contributed by atoms with Crippen LogP contribution >= 0.6 is 0 Å². The van der Waals surface area contributed by atoms with Gasteiger partial charge in [-0.15, -0.1) is 0 Å². The number of nitrogens with one attached hydrogen (secondary N) is 1. The number of fused-ring (bicyclic) bond motifs is 1. The lowest BCUT2D eigenvalue weighted by molar-refractivity contribution is 0.0945. The van der Waals surface area contributed by atoms with Crippen molar-refractivity contribution < 1.29 is 18.8 Å². The van der Waals surface area contributed by atoms with Crippen LogP contribution < -0.4 is 14.8 Å². The van der Waals surface area contributed by atoms with Crippen molar-refractivity contribution in [3.05, 3.63) is 41.3 Å². The van der Waals surface area contributed by atoms with Crippen LogP contribution in [0, 0.1) is 0 Å². The molecule has 0 spiro atoms. The molecule has 2 aromatic rings. The Labute approximate surface area is 133 Å². The average Bonchev–Trinajstić information content (AvgIpc) is 3.31. The average molecular weight is 314 g/mol. The largest absolute Gasteiger partial charge is 0.486 e. The number of nitrogens with zero attached hydrogens (tertiary/aromatic N) is 1. The van der Waals surface area contributed by atoms with Gasteiger partial charge in [-0.2, -0.15) is 0 Å². The van der Waals surface area contributed by atoms with E-state index in [1.54, 1.807) is 6.07 Å². The second kappa shape index (κ2) is 5.95. The molecule has 1 amide bonds. The highest BCUT2D eigenvalue weighted by Crippen LogP contribution is 2.40. The third kappa shape index (κ3) is 3.16. The number of ether oxygens (including phenoxy) is 2. The van der Waals surface area contributed by atoms with Gasteiger partial charge in [-0.3, -0.25) is 4.79 Å². The number of hydrogen-bond acceptors (Lipinski definition) is 5. The summed E-state index contributed by atoms with van der Waals surface area (Å²) in [6.07, 6.45) is 2.97. The maximum absolute atomic E-state index is 12.0. The smallest absolute Gasteiger partial charge is 0.273 e. The van der Waals surface area contributed by atoms with Gasteiger partial charge in [0.1, 0.15) is 19.0 Å². The number of aromatic nitrogens is 1. The molecule has 1 fully saturated rings. The van der Waals surface area contributed by atoms with Crippen molar-refractivity contribution in [1.82, 2.24) is 10.5 Å². The van der Waals surface area contributed by atoms with Gasteiger partial charge in [-0.05, 0) is 37.0 Å². The highest BCUT2D eigenvalue weighted by Gasteiger charge is 2.28. The molecule has 6 nitrogen and oxygen atoms in total. The number of hydrogen-bond donors (Lipinski definition) is 1. The SMILES string of the molecule is O=C(NCCc1ccc2c(c1)OCCO2)c1cc(C2CC2)on1. The van der Waals surface area contributed by atoms with Gasteiger partial charge in [0.05, 0.1) is 0 Å². The molecule has 0 bridgehead atoms. The third-order valence-electron chi connectivity index (χ3n) is 4.05. The summed E-state index contributed by atoms with van der Waals surface area (Å²) in [7, 11) is 0. The summed E-state index contributed by atoms with van der Waals surface area (Å²) >= 11 is 0. The molecule has 2 heterocycles. The molecular formula is C17H18N2O4. The summed E-state index contributed by atoms with van der Waals surface area (Å²) in [5.41, 5.74) is 1.45. The summed E-state index contributed by atoms with van der Waals surface area (Å²) in [6, 6.07) is 7.60. The van der Waals surface area contributed by atoms with Crippen molar-refractivity contribution in [2.45, 2.75) is 25.2 Å². The van der Waals surface area contributed by atoms with E-state index in [0.29, 0.717) is 31.4 Å². The van der Waals surface area contributed by atoms with E-state index in [1.807, 2.05) is 18.2 Å². The summed E-state index contributed by atoms with van der Waals surface area (Å²) in [5, 5.41) is 6.70. The molecule has 1 N–H and O–H groups in total. The molecular weight excluding hydrogens is 296 g/mol. The molecule has 0 saturated heterocycles. The Morgan fingerprint density at radius 2 is 2.00 bits per heavy atom. The quantitative estimate of drug-likeness (QED) is 0.916. The standard InChI is InChI=1S/C17H18N2O4/c20-17(13-10-15(23-19-13)12-2-3-12)18-6-5-11-1-4-14-16(9-11)22-8-7-21-14/h1,4,9-10,12H,2-3,5-8H2,(H,18,20). The van der Waals surface area contributed by atoms with Gasteiger partial charge in [0.2, 0.25) is 0 Å². The molecule has 120 valence electrons. The van der Waals surface area contributed by atoms with Crippen LogP contribution in [0.25, 0.3) is 0 Å². The molecule has 0 atom stereocenters. The van der Waals surface area contributed by atoms with Crippen LogP contribution in [-0.2, 0) is 6.42 Å². The van der Waals surface area contributed by atoms with E-state index >= 15 is 0 Å². The lowest BCUT2D eigenvalue weighted by Gasteiger charge is -2.18. The van der Waals surface area contributed by atoms with Gasteiger partial charge >= 0.3 is 0 Å². The first-order valence-corrected chi connectivity index (χ1v) is 7.93. The van der Waals surface area contributed by atoms with Crippen LogP contribution in [-0.4, -0.2) is 30.8 Å². The van der Waals surface area contributed by atoms with Crippen molar-refractivity contribution in [3.63, 3.8) is 0 Å². The molecule has 1 aromatic heterocycles. The van der Waals surface area contributed by atoms with Crippen molar-refractivity contribution in [3.8, 4) is 11.5 Å². The molecule has 23 heavy (non-hydrogen) atoms. The van der Waals surface area contributed by atoms with E-state index in [9.17, 15) is 4.79 Å². The number of carbonyl (C=O) groups is 1. The van der Waals surface area contributed by atoms with Gasteiger partial charge < -0.3 is 19.3 Å². The summed E-state index contributed by atoms with van der Waals surface area (Å²) < 4.78 is 16.2.